The van der Waals surface area contributed by atoms with Gasteiger partial charge in [0.2, 0.25) is 0 Å². The number of nitrogens with one attached hydrogen (secondary N) is 1. The topological polar surface area (TPSA) is 67.9 Å². The molecule has 0 spiro atoms. The zero-order chi connectivity index (χ0) is 13.7. The molecule has 0 saturated carbocycles. The molecule has 6 heteroatoms. The second-order valence-corrected chi connectivity index (χ2v) is 3.97. The van der Waals surface area contributed by atoms with Crippen LogP contribution in [0.15, 0.2) is 11.3 Å². The Morgan fingerprint density at radius 2 is 1.94 bits per heavy atom. The lowest BCUT2D eigenvalue weighted by atomic mass is 10.1. The number of carbonyl (C=O) groups is 2. The number of hydrogen-bond acceptors (Lipinski definition) is 5. The zero-order valence-corrected chi connectivity index (χ0v) is 11.3. The minimum atomic E-state index is -0.438. The molecule has 102 valence electrons. The average Bonchev–Trinajstić information content (AvgIpc) is 2.29. The predicted octanol–water partition coefficient (Wildman–Crippen LogP) is 1.23. The van der Waals surface area contributed by atoms with Gasteiger partial charge >= 0.3 is 12.1 Å². The van der Waals surface area contributed by atoms with Crippen molar-refractivity contribution in [2.45, 2.75) is 33.9 Å². The third-order valence-corrected chi connectivity index (χ3v) is 2.70. The maximum absolute atomic E-state index is 11.7. The average molecular weight is 256 g/mol. The summed E-state index contributed by atoms with van der Waals surface area (Å²) in [5.41, 5.74) is 1.20. The van der Waals surface area contributed by atoms with E-state index in [1.165, 1.54) is 4.90 Å². The number of hydrogen-bond donors (Lipinski definition) is 1. The summed E-state index contributed by atoms with van der Waals surface area (Å²) >= 11 is 0. The summed E-state index contributed by atoms with van der Waals surface area (Å²) in [6.45, 7) is 7.94. The summed E-state index contributed by atoms with van der Waals surface area (Å²) in [4.78, 5) is 24.9. The maximum atomic E-state index is 11.7. The molecule has 0 fully saturated rings. The molecule has 1 N–H and O–H groups in total. The Morgan fingerprint density at radius 1 is 1.33 bits per heavy atom. The van der Waals surface area contributed by atoms with Gasteiger partial charge in [-0.2, -0.15) is 0 Å². The van der Waals surface area contributed by atoms with Crippen molar-refractivity contribution in [3.63, 3.8) is 0 Å². The highest BCUT2D eigenvalue weighted by atomic mass is 16.6. The predicted molar refractivity (Wildman–Crippen MR) is 65.7 cm³/mol. The Kier molecular flexibility index (Phi) is 5.00. The molecule has 0 radical (unpaired) electrons. The molecule has 0 aromatic carbocycles. The van der Waals surface area contributed by atoms with E-state index in [1.54, 1.807) is 20.8 Å². The van der Waals surface area contributed by atoms with Gasteiger partial charge in [-0.3, -0.25) is 4.90 Å². The van der Waals surface area contributed by atoms with E-state index in [1.807, 2.05) is 6.92 Å². The zero-order valence-electron chi connectivity index (χ0n) is 11.3. The van der Waals surface area contributed by atoms with E-state index >= 15 is 0 Å². The summed E-state index contributed by atoms with van der Waals surface area (Å²) in [5.74, 6) is -0.399. The summed E-state index contributed by atoms with van der Waals surface area (Å²) in [6.07, 6.45) is -0.644. The van der Waals surface area contributed by atoms with Gasteiger partial charge in [-0.25, -0.2) is 9.59 Å². The monoisotopic (exact) mass is 256 g/mol. The second-order valence-electron chi connectivity index (χ2n) is 3.97. The highest BCUT2D eigenvalue weighted by molar-refractivity contribution is 5.90. The Labute approximate surface area is 107 Å². The lowest BCUT2D eigenvalue weighted by Crippen LogP contribution is -2.52. The Balaban J connectivity index is 2.83. The first-order valence-electron chi connectivity index (χ1n) is 6.08. The van der Waals surface area contributed by atoms with Crippen molar-refractivity contribution in [3.05, 3.63) is 11.3 Å². The van der Waals surface area contributed by atoms with Gasteiger partial charge in [0.05, 0.1) is 25.3 Å². The van der Waals surface area contributed by atoms with Gasteiger partial charge in [0.25, 0.3) is 0 Å². The smallest absolute Gasteiger partial charge is 0.411 e. The van der Waals surface area contributed by atoms with Crippen LogP contribution in [0, 0.1) is 0 Å². The molecular weight excluding hydrogens is 236 g/mol. The van der Waals surface area contributed by atoms with Gasteiger partial charge in [0.1, 0.15) is 6.17 Å². The van der Waals surface area contributed by atoms with Crippen molar-refractivity contribution in [2.75, 3.05) is 19.8 Å². The molecule has 0 bridgehead atoms. The van der Waals surface area contributed by atoms with E-state index in [0.717, 1.165) is 5.70 Å². The van der Waals surface area contributed by atoms with Crippen LogP contribution in [0.1, 0.15) is 27.7 Å². The van der Waals surface area contributed by atoms with E-state index in [2.05, 4.69) is 5.32 Å². The van der Waals surface area contributed by atoms with E-state index in [4.69, 9.17) is 9.47 Å². The van der Waals surface area contributed by atoms with E-state index in [0.29, 0.717) is 18.8 Å². The molecule has 0 aromatic rings. The van der Waals surface area contributed by atoms with Gasteiger partial charge in [-0.15, -0.1) is 0 Å². The maximum Gasteiger partial charge on any atom is 0.411 e. The van der Waals surface area contributed by atoms with Crippen molar-refractivity contribution < 1.29 is 19.1 Å². The van der Waals surface area contributed by atoms with Gasteiger partial charge < -0.3 is 14.8 Å². The summed E-state index contributed by atoms with van der Waals surface area (Å²) in [6, 6.07) is 0. The lowest BCUT2D eigenvalue weighted by molar-refractivity contribution is -0.139. The third kappa shape index (κ3) is 3.15. The van der Waals surface area contributed by atoms with Crippen molar-refractivity contribution in [2.24, 2.45) is 0 Å². The first-order valence-corrected chi connectivity index (χ1v) is 6.08. The van der Waals surface area contributed by atoms with Crippen molar-refractivity contribution >= 4 is 12.1 Å². The number of amides is 1. The largest absolute Gasteiger partial charge is 0.463 e. The summed E-state index contributed by atoms with van der Waals surface area (Å²) in [5, 5.41) is 3.06. The Bertz CT molecular complexity index is 365. The fourth-order valence-electron chi connectivity index (χ4n) is 1.77. The summed E-state index contributed by atoms with van der Waals surface area (Å²) < 4.78 is 9.91. The number of esters is 1. The number of ether oxygens (including phenoxy) is 2. The molecule has 1 atom stereocenters. The van der Waals surface area contributed by atoms with Crippen LogP contribution in [0.4, 0.5) is 4.79 Å². The fraction of sp³-hybridized carbons (Fsp3) is 0.667. The molecule has 6 nitrogen and oxygen atoms in total. The van der Waals surface area contributed by atoms with Crippen LogP contribution in [0.2, 0.25) is 0 Å². The van der Waals surface area contributed by atoms with E-state index in [-0.39, 0.29) is 12.7 Å². The highest BCUT2D eigenvalue weighted by Gasteiger charge is 2.30. The minimum absolute atomic E-state index is 0.206. The van der Waals surface area contributed by atoms with Crippen LogP contribution in [-0.4, -0.2) is 42.9 Å². The van der Waals surface area contributed by atoms with Crippen molar-refractivity contribution in [1.82, 2.24) is 10.2 Å². The standard InChI is InChI=1S/C12H20N2O4/c1-5-17-11(15)10-7-14(12(16)18-6-2)9(4)13-8(10)3/h9,13H,5-7H2,1-4H3. The molecule has 1 unspecified atom stereocenters. The fourth-order valence-corrected chi connectivity index (χ4v) is 1.77. The van der Waals surface area contributed by atoms with Crippen LogP contribution in [0.3, 0.4) is 0 Å². The van der Waals surface area contributed by atoms with Crippen LogP contribution in [0.5, 0.6) is 0 Å². The number of nitrogens with zero attached hydrogens (tertiary/aromatic N) is 1. The normalized spacial score (nSPS) is 19.3. The molecule has 1 heterocycles. The quantitative estimate of drug-likeness (QED) is 0.769. The van der Waals surface area contributed by atoms with Crippen LogP contribution in [-0.2, 0) is 14.3 Å². The summed E-state index contributed by atoms with van der Waals surface area (Å²) in [7, 11) is 0. The number of carbonyl (C=O) groups excluding carboxylic acids is 2. The van der Waals surface area contributed by atoms with E-state index < -0.39 is 12.1 Å². The molecule has 0 saturated heterocycles. The highest BCUT2D eigenvalue weighted by Crippen LogP contribution is 2.16. The first-order chi connectivity index (χ1) is 8.51. The van der Waals surface area contributed by atoms with Crippen LogP contribution >= 0.6 is 0 Å². The van der Waals surface area contributed by atoms with Crippen LogP contribution < -0.4 is 5.32 Å². The molecule has 1 aliphatic rings. The SMILES string of the molecule is CCOC(=O)C1=C(C)NC(C)N(C(=O)OCC)C1. The molecular formula is C12H20N2O4. The van der Waals surface area contributed by atoms with Gasteiger partial charge in [-0.1, -0.05) is 0 Å². The van der Waals surface area contributed by atoms with Gasteiger partial charge in [-0.05, 0) is 27.7 Å². The molecule has 1 rings (SSSR count). The first kappa shape index (κ1) is 14.3. The van der Waals surface area contributed by atoms with Crippen molar-refractivity contribution in [1.29, 1.82) is 0 Å². The Morgan fingerprint density at radius 3 is 2.50 bits per heavy atom. The number of rotatable bonds is 3. The minimum Gasteiger partial charge on any atom is -0.463 e. The molecule has 1 aliphatic heterocycles. The Hall–Kier alpha value is -1.72. The van der Waals surface area contributed by atoms with E-state index in [9.17, 15) is 9.59 Å². The van der Waals surface area contributed by atoms with Crippen molar-refractivity contribution in [3.8, 4) is 0 Å². The third-order valence-electron chi connectivity index (χ3n) is 2.70. The molecule has 0 aromatic heterocycles. The number of allylic oxidation sites excluding steroid dienone is 1. The van der Waals surface area contributed by atoms with Crippen LogP contribution in [0.25, 0.3) is 0 Å². The second kappa shape index (κ2) is 6.28. The molecule has 1 amide bonds. The lowest BCUT2D eigenvalue weighted by Gasteiger charge is -2.35. The molecule has 18 heavy (non-hydrogen) atoms. The van der Waals surface area contributed by atoms with Gasteiger partial charge in [0, 0.05) is 5.70 Å². The molecule has 0 aliphatic carbocycles. The van der Waals surface area contributed by atoms with Gasteiger partial charge in [0.15, 0.2) is 0 Å².